The van der Waals surface area contributed by atoms with Crippen LogP contribution in [0.15, 0.2) is 18.2 Å². The number of anilines is 1. The van der Waals surface area contributed by atoms with Gasteiger partial charge in [0.2, 0.25) is 5.91 Å². The zero-order valence-electron chi connectivity index (χ0n) is 10.5. The summed E-state index contributed by atoms with van der Waals surface area (Å²) in [5, 5.41) is 2.27. The van der Waals surface area contributed by atoms with E-state index in [1.165, 1.54) is 6.07 Å². The normalized spacial score (nSPS) is 20.3. The SMILES string of the molecule is N[C@@H]1CCCN(CC(=O)Nc2c(F)cccc2F)C1. The third-order valence-electron chi connectivity index (χ3n) is 3.14. The fourth-order valence-electron chi connectivity index (χ4n) is 2.23. The van der Waals surface area contributed by atoms with E-state index in [1.54, 1.807) is 0 Å². The molecule has 1 aliphatic rings. The van der Waals surface area contributed by atoms with Crippen molar-refractivity contribution in [3.05, 3.63) is 29.8 Å². The molecule has 1 aromatic rings. The molecule has 19 heavy (non-hydrogen) atoms. The van der Waals surface area contributed by atoms with E-state index in [0.29, 0.717) is 6.54 Å². The van der Waals surface area contributed by atoms with Crippen LogP contribution in [0.5, 0.6) is 0 Å². The number of benzene rings is 1. The van der Waals surface area contributed by atoms with Crippen LogP contribution in [0, 0.1) is 11.6 Å². The molecule has 0 saturated carbocycles. The lowest BCUT2D eigenvalue weighted by Gasteiger charge is -2.29. The van der Waals surface area contributed by atoms with E-state index in [9.17, 15) is 13.6 Å². The molecule has 1 heterocycles. The average molecular weight is 269 g/mol. The van der Waals surface area contributed by atoms with E-state index < -0.39 is 23.2 Å². The van der Waals surface area contributed by atoms with E-state index in [-0.39, 0.29) is 12.6 Å². The maximum absolute atomic E-state index is 13.4. The summed E-state index contributed by atoms with van der Waals surface area (Å²) in [6, 6.07) is 3.53. The molecule has 6 heteroatoms. The Balaban J connectivity index is 1.94. The maximum atomic E-state index is 13.4. The molecule has 1 fully saturated rings. The number of para-hydroxylation sites is 1. The smallest absolute Gasteiger partial charge is 0.238 e. The minimum absolute atomic E-state index is 0.0618. The highest BCUT2D eigenvalue weighted by atomic mass is 19.1. The van der Waals surface area contributed by atoms with Crippen molar-refractivity contribution in [1.82, 2.24) is 4.90 Å². The number of halogens is 2. The van der Waals surface area contributed by atoms with Gasteiger partial charge in [0.05, 0.1) is 6.54 Å². The second-order valence-corrected chi connectivity index (χ2v) is 4.78. The minimum atomic E-state index is -0.774. The number of nitrogens with zero attached hydrogens (tertiary/aromatic N) is 1. The summed E-state index contributed by atoms with van der Waals surface area (Å²) in [6.07, 6.45) is 1.88. The predicted octanol–water partition coefficient (Wildman–Crippen LogP) is 1.33. The molecule has 1 saturated heterocycles. The summed E-state index contributed by atoms with van der Waals surface area (Å²) in [5.74, 6) is -1.98. The van der Waals surface area contributed by atoms with Gasteiger partial charge in [0.15, 0.2) is 0 Å². The van der Waals surface area contributed by atoms with Gasteiger partial charge in [-0.15, -0.1) is 0 Å². The standard InChI is InChI=1S/C13H17F2N3O/c14-10-4-1-5-11(15)13(10)17-12(19)8-18-6-2-3-9(16)7-18/h1,4-5,9H,2-3,6-8,16H2,(H,17,19)/t9-/m1/s1. The molecule has 2 rings (SSSR count). The zero-order valence-corrected chi connectivity index (χ0v) is 10.5. The van der Waals surface area contributed by atoms with E-state index in [4.69, 9.17) is 5.73 Å². The fraction of sp³-hybridized carbons (Fsp3) is 0.462. The van der Waals surface area contributed by atoms with Crippen molar-refractivity contribution in [3.8, 4) is 0 Å². The third kappa shape index (κ3) is 3.71. The monoisotopic (exact) mass is 269 g/mol. The fourth-order valence-corrected chi connectivity index (χ4v) is 2.23. The Kier molecular flexibility index (Phi) is 4.44. The molecule has 1 amide bonds. The van der Waals surface area contributed by atoms with Crippen molar-refractivity contribution in [2.45, 2.75) is 18.9 Å². The second-order valence-electron chi connectivity index (χ2n) is 4.78. The molecule has 104 valence electrons. The Labute approximate surface area is 110 Å². The summed E-state index contributed by atoms with van der Waals surface area (Å²) in [5.41, 5.74) is 5.41. The molecular weight excluding hydrogens is 252 g/mol. The van der Waals surface area contributed by atoms with E-state index in [0.717, 1.165) is 31.5 Å². The summed E-state index contributed by atoms with van der Waals surface area (Å²) < 4.78 is 26.7. The molecular formula is C13H17F2N3O. The number of nitrogens with one attached hydrogen (secondary N) is 1. The highest BCUT2D eigenvalue weighted by Crippen LogP contribution is 2.18. The number of carbonyl (C=O) groups excluding carboxylic acids is 1. The molecule has 0 aromatic heterocycles. The number of nitrogens with two attached hydrogens (primary N) is 1. The molecule has 0 aliphatic carbocycles. The number of carbonyl (C=O) groups is 1. The molecule has 0 spiro atoms. The maximum Gasteiger partial charge on any atom is 0.238 e. The van der Waals surface area contributed by atoms with Crippen LogP contribution in [0.2, 0.25) is 0 Å². The number of rotatable bonds is 3. The average Bonchev–Trinajstić information content (AvgIpc) is 2.34. The molecule has 0 bridgehead atoms. The van der Waals surface area contributed by atoms with Gasteiger partial charge in [-0.2, -0.15) is 0 Å². The molecule has 1 atom stereocenters. The van der Waals surface area contributed by atoms with Gasteiger partial charge in [0, 0.05) is 12.6 Å². The predicted molar refractivity (Wildman–Crippen MR) is 68.6 cm³/mol. The first-order valence-corrected chi connectivity index (χ1v) is 6.28. The molecule has 0 radical (unpaired) electrons. The van der Waals surface area contributed by atoms with Gasteiger partial charge >= 0.3 is 0 Å². The molecule has 3 N–H and O–H groups in total. The van der Waals surface area contributed by atoms with Crippen LogP contribution < -0.4 is 11.1 Å². The van der Waals surface area contributed by atoms with Crippen LogP contribution in [0.25, 0.3) is 0 Å². The van der Waals surface area contributed by atoms with Gasteiger partial charge in [0.25, 0.3) is 0 Å². The topological polar surface area (TPSA) is 58.4 Å². The summed E-state index contributed by atoms with van der Waals surface area (Å²) in [7, 11) is 0. The summed E-state index contributed by atoms with van der Waals surface area (Å²) in [6.45, 7) is 1.51. The van der Waals surface area contributed by atoms with Crippen molar-refractivity contribution in [2.75, 3.05) is 25.0 Å². The third-order valence-corrected chi connectivity index (χ3v) is 3.14. The highest BCUT2D eigenvalue weighted by molar-refractivity contribution is 5.92. The van der Waals surface area contributed by atoms with Gasteiger partial charge in [-0.3, -0.25) is 9.69 Å². The molecule has 4 nitrogen and oxygen atoms in total. The van der Waals surface area contributed by atoms with Gasteiger partial charge in [-0.05, 0) is 31.5 Å². The first-order chi connectivity index (χ1) is 9.06. The van der Waals surface area contributed by atoms with Crippen LogP contribution in [0.3, 0.4) is 0 Å². The van der Waals surface area contributed by atoms with Crippen molar-refractivity contribution in [1.29, 1.82) is 0 Å². The van der Waals surface area contributed by atoms with Gasteiger partial charge in [0.1, 0.15) is 17.3 Å². The lowest BCUT2D eigenvalue weighted by molar-refractivity contribution is -0.117. The van der Waals surface area contributed by atoms with Crippen LogP contribution in [0.1, 0.15) is 12.8 Å². The van der Waals surface area contributed by atoms with Gasteiger partial charge in [-0.1, -0.05) is 6.07 Å². The lowest BCUT2D eigenvalue weighted by atomic mass is 10.1. The van der Waals surface area contributed by atoms with Crippen molar-refractivity contribution in [2.24, 2.45) is 5.73 Å². The first-order valence-electron chi connectivity index (χ1n) is 6.28. The number of piperidine rings is 1. The Bertz CT molecular complexity index is 447. The largest absolute Gasteiger partial charge is 0.327 e. The Hall–Kier alpha value is -1.53. The van der Waals surface area contributed by atoms with Crippen molar-refractivity contribution in [3.63, 3.8) is 0 Å². The molecule has 1 aliphatic heterocycles. The van der Waals surface area contributed by atoms with Crippen LogP contribution >= 0.6 is 0 Å². The van der Waals surface area contributed by atoms with Crippen molar-refractivity contribution < 1.29 is 13.6 Å². The molecule has 0 unspecified atom stereocenters. The Morgan fingerprint density at radius 3 is 2.74 bits per heavy atom. The van der Waals surface area contributed by atoms with E-state index in [2.05, 4.69) is 5.32 Å². The van der Waals surface area contributed by atoms with Gasteiger partial charge in [-0.25, -0.2) is 8.78 Å². The first kappa shape index (κ1) is 13.9. The van der Waals surface area contributed by atoms with E-state index in [1.807, 2.05) is 4.90 Å². The van der Waals surface area contributed by atoms with Crippen LogP contribution in [0.4, 0.5) is 14.5 Å². The van der Waals surface area contributed by atoms with Gasteiger partial charge < -0.3 is 11.1 Å². The minimum Gasteiger partial charge on any atom is -0.327 e. The lowest BCUT2D eigenvalue weighted by Crippen LogP contribution is -2.45. The van der Waals surface area contributed by atoms with Crippen molar-refractivity contribution >= 4 is 11.6 Å². The number of amides is 1. The van der Waals surface area contributed by atoms with Crippen LogP contribution in [-0.4, -0.2) is 36.5 Å². The Morgan fingerprint density at radius 1 is 1.42 bits per heavy atom. The quantitative estimate of drug-likeness (QED) is 0.870. The van der Waals surface area contributed by atoms with Crippen LogP contribution in [-0.2, 0) is 4.79 Å². The number of hydrogen-bond acceptors (Lipinski definition) is 3. The second kappa shape index (κ2) is 6.08. The number of likely N-dealkylation sites (tertiary alicyclic amines) is 1. The molecule has 1 aromatic carbocycles. The summed E-state index contributed by atoms with van der Waals surface area (Å²) >= 11 is 0. The summed E-state index contributed by atoms with van der Waals surface area (Å²) in [4.78, 5) is 13.7. The zero-order chi connectivity index (χ0) is 13.8. The number of hydrogen-bond donors (Lipinski definition) is 2. The highest BCUT2D eigenvalue weighted by Gasteiger charge is 2.20. The van der Waals surface area contributed by atoms with E-state index >= 15 is 0 Å². The Morgan fingerprint density at radius 2 is 2.11 bits per heavy atom.